The van der Waals surface area contributed by atoms with Crippen molar-refractivity contribution in [3.05, 3.63) is 63.5 Å². The van der Waals surface area contributed by atoms with E-state index in [2.05, 4.69) is 23.7 Å². The van der Waals surface area contributed by atoms with Crippen LogP contribution >= 0.6 is 0 Å². The minimum absolute atomic E-state index is 0.0785. The number of hydrogen-bond acceptors (Lipinski definition) is 8. The Morgan fingerprint density at radius 2 is 1.63 bits per heavy atom. The van der Waals surface area contributed by atoms with Crippen LogP contribution in [-0.2, 0) is 19.1 Å². The number of aromatic nitrogens is 1. The summed E-state index contributed by atoms with van der Waals surface area (Å²) in [6, 6.07) is 5.52. The molecule has 1 aliphatic rings. The molecule has 1 saturated heterocycles. The number of aliphatic hydroxyl groups excluding tert-OH is 1. The molecule has 0 unspecified atom stereocenters. The molecule has 10 nitrogen and oxygen atoms in total. The summed E-state index contributed by atoms with van der Waals surface area (Å²) in [5, 5.41) is 11.5. The normalized spacial score (nSPS) is 16.8. The van der Waals surface area contributed by atoms with Gasteiger partial charge in [0, 0.05) is 17.8 Å². The molecule has 1 aromatic carbocycles. The van der Waals surface area contributed by atoms with Crippen molar-refractivity contribution in [1.82, 2.24) is 14.8 Å². The standard InChI is InChI=1S/C28H35N3O7/c1-7-30(8-2)14-9-15-31-23(18-10-12-19(13-11-18)27(35)37-5)21(25(33)26(31)34)24(32)20-16(3)22(28(36)38-6)29-17(20)4/h10-13,23,29,32H,7-9,14-15H2,1-6H3/b24-21+/t23-/m1/s1. The van der Waals surface area contributed by atoms with Crippen molar-refractivity contribution < 1.29 is 33.8 Å². The van der Waals surface area contributed by atoms with E-state index in [-0.39, 0.29) is 22.6 Å². The number of carbonyl (C=O) groups is 4. The van der Waals surface area contributed by atoms with Crippen molar-refractivity contribution in [2.75, 3.05) is 40.4 Å². The van der Waals surface area contributed by atoms with E-state index in [4.69, 9.17) is 9.47 Å². The molecule has 2 heterocycles. The first-order valence-electron chi connectivity index (χ1n) is 12.6. The SMILES string of the molecule is CCN(CC)CCCN1C(=O)C(=O)/C(=C(/O)c2c(C)[nH]c(C(=O)OC)c2C)[C@H]1c1ccc(C(=O)OC)cc1. The fourth-order valence-corrected chi connectivity index (χ4v) is 4.93. The number of H-pyrrole nitrogens is 1. The van der Waals surface area contributed by atoms with E-state index < -0.39 is 29.7 Å². The Bertz CT molecular complexity index is 1260. The molecule has 1 aliphatic heterocycles. The van der Waals surface area contributed by atoms with Gasteiger partial charge in [0.25, 0.3) is 11.7 Å². The number of rotatable bonds is 10. The average molecular weight is 526 g/mol. The molecular weight excluding hydrogens is 490 g/mol. The molecule has 38 heavy (non-hydrogen) atoms. The first-order chi connectivity index (χ1) is 18.1. The van der Waals surface area contributed by atoms with Gasteiger partial charge in [-0.2, -0.15) is 0 Å². The lowest BCUT2D eigenvalue weighted by Crippen LogP contribution is -2.33. The minimum atomic E-state index is -0.881. The van der Waals surface area contributed by atoms with Crippen LogP contribution in [0.5, 0.6) is 0 Å². The molecular formula is C28H35N3O7. The van der Waals surface area contributed by atoms with E-state index in [0.717, 1.165) is 19.6 Å². The van der Waals surface area contributed by atoms with Gasteiger partial charge < -0.3 is 29.4 Å². The number of aryl methyl sites for hydroxylation is 1. The number of methoxy groups -OCH3 is 2. The van der Waals surface area contributed by atoms with Gasteiger partial charge in [0.1, 0.15) is 11.5 Å². The summed E-state index contributed by atoms with van der Waals surface area (Å²) < 4.78 is 9.59. The molecule has 204 valence electrons. The Kier molecular flexibility index (Phi) is 9.11. The summed E-state index contributed by atoms with van der Waals surface area (Å²) in [6.07, 6.45) is 0.625. The first-order valence-corrected chi connectivity index (χ1v) is 12.6. The second kappa shape index (κ2) is 12.1. The van der Waals surface area contributed by atoms with Gasteiger partial charge in [-0.05, 0) is 63.2 Å². The van der Waals surface area contributed by atoms with E-state index in [1.54, 1.807) is 38.1 Å². The third-order valence-electron chi connectivity index (χ3n) is 7.02. The van der Waals surface area contributed by atoms with Gasteiger partial charge in [-0.3, -0.25) is 9.59 Å². The molecule has 2 N–H and O–H groups in total. The molecule has 0 bridgehead atoms. The molecule has 3 rings (SSSR count). The van der Waals surface area contributed by atoms with Crippen LogP contribution in [0.3, 0.4) is 0 Å². The molecule has 1 amide bonds. The lowest BCUT2D eigenvalue weighted by atomic mass is 9.93. The topological polar surface area (TPSA) is 129 Å². The largest absolute Gasteiger partial charge is 0.507 e. The van der Waals surface area contributed by atoms with Crippen LogP contribution in [0.4, 0.5) is 0 Å². The number of ketones is 1. The maximum atomic E-state index is 13.4. The summed E-state index contributed by atoms with van der Waals surface area (Å²) in [4.78, 5) is 57.4. The van der Waals surface area contributed by atoms with Crippen LogP contribution < -0.4 is 0 Å². The molecule has 0 saturated carbocycles. The molecule has 2 aromatic rings. The lowest BCUT2D eigenvalue weighted by Gasteiger charge is -2.27. The number of nitrogens with zero attached hydrogens (tertiary/aromatic N) is 2. The monoisotopic (exact) mass is 525 g/mol. The number of Topliss-reactive ketones (excluding diaryl/α,β-unsaturated/α-hetero) is 1. The fraction of sp³-hybridized carbons (Fsp3) is 0.429. The van der Waals surface area contributed by atoms with Gasteiger partial charge in [0.15, 0.2) is 0 Å². The van der Waals surface area contributed by atoms with Gasteiger partial charge in [0.2, 0.25) is 0 Å². The lowest BCUT2D eigenvalue weighted by molar-refractivity contribution is -0.140. The number of aromatic amines is 1. The van der Waals surface area contributed by atoms with Crippen molar-refractivity contribution in [3.63, 3.8) is 0 Å². The predicted molar refractivity (Wildman–Crippen MR) is 141 cm³/mol. The zero-order valence-electron chi connectivity index (χ0n) is 22.7. The summed E-state index contributed by atoms with van der Waals surface area (Å²) in [5.74, 6) is -3.03. The second-order valence-electron chi connectivity index (χ2n) is 9.10. The zero-order valence-corrected chi connectivity index (χ0v) is 22.7. The highest BCUT2D eigenvalue weighted by atomic mass is 16.5. The van der Waals surface area contributed by atoms with Crippen molar-refractivity contribution in [1.29, 1.82) is 0 Å². The first kappa shape index (κ1) is 28.6. The van der Waals surface area contributed by atoms with Crippen LogP contribution in [0.1, 0.15) is 69.5 Å². The quantitative estimate of drug-likeness (QED) is 0.209. The second-order valence-corrected chi connectivity index (χ2v) is 9.10. The van der Waals surface area contributed by atoms with Crippen molar-refractivity contribution >= 4 is 29.4 Å². The minimum Gasteiger partial charge on any atom is -0.507 e. The van der Waals surface area contributed by atoms with Gasteiger partial charge >= 0.3 is 11.9 Å². The molecule has 1 aromatic heterocycles. The Morgan fingerprint density at radius 3 is 2.18 bits per heavy atom. The summed E-state index contributed by atoms with van der Waals surface area (Å²) in [6.45, 7) is 10.2. The highest BCUT2D eigenvalue weighted by molar-refractivity contribution is 6.46. The Balaban J connectivity index is 2.14. The van der Waals surface area contributed by atoms with E-state index in [0.29, 0.717) is 35.3 Å². The maximum Gasteiger partial charge on any atom is 0.354 e. The summed E-state index contributed by atoms with van der Waals surface area (Å²) >= 11 is 0. The number of hydrogen-bond donors (Lipinski definition) is 2. The molecule has 1 atom stereocenters. The average Bonchev–Trinajstić information content (AvgIpc) is 3.36. The Hall–Kier alpha value is -3.92. The number of nitrogens with one attached hydrogen (secondary N) is 1. The predicted octanol–water partition coefficient (Wildman–Crippen LogP) is 3.36. The van der Waals surface area contributed by atoms with Gasteiger partial charge in [0.05, 0.1) is 31.4 Å². The number of benzene rings is 1. The summed E-state index contributed by atoms with van der Waals surface area (Å²) in [5.41, 5.74) is 2.06. The Morgan fingerprint density at radius 1 is 1.03 bits per heavy atom. The number of amides is 1. The molecule has 0 spiro atoms. The van der Waals surface area contributed by atoms with E-state index in [1.165, 1.54) is 19.1 Å². The summed E-state index contributed by atoms with van der Waals surface area (Å²) in [7, 11) is 2.53. The van der Waals surface area contributed by atoms with Gasteiger partial charge in [-0.1, -0.05) is 26.0 Å². The van der Waals surface area contributed by atoms with Crippen LogP contribution in [0, 0.1) is 13.8 Å². The molecule has 0 radical (unpaired) electrons. The van der Waals surface area contributed by atoms with Gasteiger partial charge in [-0.25, -0.2) is 9.59 Å². The fourth-order valence-electron chi connectivity index (χ4n) is 4.93. The van der Waals surface area contributed by atoms with Crippen molar-refractivity contribution in [2.45, 2.75) is 40.2 Å². The smallest absolute Gasteiger partial charge is 0.354 e. The van der Waals surface area contributed by atoms with Crippen LogP contribution in [-0.4, -0.2) is 83.9 Å². The highest BCUT2D eigenvalue weighted by Crippen LogP contribution is 2.41. The van der Waals surface area contributed by atoms with Gasteiger partial charge in [-0.15, -0.1) is 0 Å². The number of esters is 2. The number of carbonyl (C=O) groups excluding carboxylic acids is 4. The van der Waals surface area contributed by atoms with Crippen molar-refractivity contribution in [3.8, 4) is 0 Å². The zero-order chi connectivity index (χ0) is 28.1. The molecule has 10 heteroatoms. The van der Waals surface area contributed by atoms with E-state index in [9.17, 15) is 24.3 Å². The Labute approximate surface area is 222 Å². The number of ether oxygens (including phenoxy) is 2. The van der Waals surface area contributed by atoms with E-state index >= 15 is 0 Å². The highest BCUT2D eigenvalue weighted by Gasteiger charge is 2.46. The molecule has 1 fully saturated rings. The third kappa shape index (κ3) is 5.35. The van der Waals surface area contributed by atoms with Crippen LogP contribution in [0.25, 0.3) is 5.76 Å². The third-order valence-corrected chi connectivity index (χ3v) is 7.02. The van der Waals surface area contributed by atoms with Crippen LogP contribution in [0.15, 0.2) is 29.8 Å². The van der Waals surface area contributed by atoms with E-state index in [1.807, 2.05) is 0 Å². The van der Waals surface area contributed by atoms with Crippen molar-refractivity contribution in [2.24, 2.45) is 0 Å². The number of aliphatic hydroxyl groups is 1. The van der Waals surface area contributed by atoms with Crippen LogP contribution in [0.2, 0.25) is 0 Å². The maximum absolute atomic E-state index is 13.4. The molecule has 0 aliphatic carbocycles. The number of likely N-dealkylation sites (tertiary alicyclic amines) is 1.